The number of rotatable bonds is 3. The fourth-order valence-electron chi connectivity index (χ4n) is 2.81. The van der Waals surface area contributed by atoms with Crippen molar-refractivity contribution >= 4 is 34.9 Å². The van der Waals surface area contributed by atoms with E-state index in [0.29, 0.717) is 30.2 Å². The standard InChI is InChI=1S/C16H13Cl2NO4/c17-11-6-12(18)15(21)14-9(11)3-4-19(14)7-8-1-2-10(16(22)23)13(20)5-8/h1-2,5-6,20-21H,3-4,7H2,(H,22,23). The fraction of sp³-hybridized carbons (Fsp3) is 0.188. The zero-order valence-corrected chi connectivity index (χ0v) is 13.4. The lowest BCUT2D eigenvalue weighted by atomic mass is 10.1. The molecule has 0 bridgehead atoms. The van der Waals surface area contributed by atoms with Crippen LogP contribution >= 0.6 is 23.2 Å². The zero-order chi connectivity index (χ0) is 16.7. The lowest BCUT2D eigenvalue weighted by molar-refractivity contribution is 0.0693. The van der Waals surface area contributed by atoms with E-state index in [2.05, 4.69) is 0 Å². The molecular weight excluding hydrogens is 341 g/mol. The second-order valence-corrected chi connectivity index (χ2v) is 6.16. The number of hydrogen-bond donors (Lipinski definition) is 3. The summed E-state index contributed by atoms with van der Waals surface area (Å²) in [6.07, 6.45) is 0.679. The summed E-state index contributed by atoms with van der Waals surface area (Å²) in [5.74, 6) is -1.49. The van der Waals surface area contributed by atoms with Crippen LogP contribution in [0.5, 0.6) is 11.5 Å². The predicted molar refractivity (Wildman–Crippen MR) is 87.9 cm³/mol. The lowest BCUT2D eigenvalue weighted by Crippen LogP contribution is -2.19. The second kappa shape index (κ2) is 5.83. The molecule has 0 amide bonds. The molecule has 1 aliphatic rings. The lowest BCUT2D eigenvalue weighted by Gasteiger charge is -2.21. The number of aromatic carboxylic acids is 1. The molecule has 3 N–H and O–H groups in total. The fourth-order valence-corrected chi connectivity index (χ4v) is 3.36. The van der Waals surface area contributed by atoms with E-state index in [1.165, 1.54) is 18.2 Å². The Morgan fingerprint density at radius 2 is 1.91 bits per heavy atom. The molecule has 7 heteroatoms. The molecule has 3 rings (SSSR count). The summed E-state index contributed by atoms with van der Waals surface area (Å²) in [5, 5.41) is 29.6. The molecule has 0 saturated carbocycles. The van der Waals surface area contributed by atoms with Crippen molar-refractivity contribution in [1.29, 1.82) is 0 Å². The van der Waals surface area contributed by atoms with Gasteiger partial charge in [0, 0.05) is 18.1 Å². The Hall–Kier alpha value is -2.11. The molecule has 0 saturated heterocycles. The van der Waals surface area contributed by atoms with Gasteiger partial charge >= 0.3 is 5.97 Å². The number of carboxylic acids is 1. The molecule has 0 atom stereocenters. The molecule has 0 fully saturated rings. The molecule has 1 aliphatic heterocycles. The number of anilines is 1. The van der Waals surface area contributed by atoms with Gasteiger partial charge in [0.15, 0.2) is 5.75 Å². The summed E-state index contributed by atoms with van der Waals surface area (Å²) < 4.78 is 0. The van der Waals surface area contributed by atoms with Crippen molar-refractivity contribution in [2.45, 2.75) is 13.0 Å². The Morgan fingerprint density at radius 1 is 1.17 bits per heavy atom. The van der Waals surface area contributed by atoms with Crippen LogP contribution in [0.15, 0.2) is 24.3 Å². The van der Waals surface area contributed by atoms with Crippen molar-refractivity contribution in [2.75, 3.05) is 11.4 Å². The van der Waals surface area contributed by atoms with E-state index in [1.54, 1.807) is 6.07 Å². The molecule has 0 aromatic heterocycles. The number of benzene rings is 2. The summed E-state index contributed by atoms with van der Waals surface area (Å²) in [5.41, 5.74) is 1.99. The molecular formula is C16H13Cl2NO4. The van der Waals surface area contributed by atoms with Crippen LogP contribution in [0, 0.1) is 0 Å². The maximum atomic E-state index is 10.9. The minimum Gasteiger partial charge on any atom is -0.507 e. The summed E-state index contributed by atoms with van der Waals surface area (Å²) in [4.78, 5) is 12.8. The molecule has 0 unspecified atom stereocenters. The van der Waals surface area contributed by atoms with Crippen molar-refractivity contribution in [2.24, 2.45) is 0 Å². The van der Waals surface area contributed by atoms with Gasteiger partial charge in [-0.1, -0.05) is 29.3 Å². The third-order valence-electron chi connectivity index (χ3n) is 3.89. The van der Waals surface area contributed by atoms with Crippen LogP contribution in [-0.4, -0.2) is 27.8 Å². The van der Waals surface area contributed by atoms with Crippen molar-refractivity contribution in [3.8, 4) is 11.5 Å². The van der Waals surface area contributed by atoms with Crippen LogP contribution in [0.3, 0.4) is 0 Å². The Bertz CT molecular complexity index is 807. The Labute approximate surface area is 142 Å². The minimum atomic E-state index is -1.18. The largest absolute Gasteiger partial charge is 0.507 e. The number of fused-ring (bicyclic) bond motifs is 1. The third kappa shape index (κ3) is 2.78. The van der Waals surface area contributed by atoms with E-state index in [4.69, 9.17) is 28.3 Å². The number of carbonyl (C=O) groups is 1. The van der Waals surface area contributed by atoms with Gasteiger partial charge in [-0.15, -0.1) is 0 Å². The van der Waals surface area contributed by atoms with E-state index >= 15 is 0 Å². The van der Waals surface area contributed by atoms with E-state index < -0.39 is 5.97 Å². The van der Waals surface area contributed by atoms with Crippen molar-refractivity contribution in [3.63, 3.8) is 0 Å². The number of hydrogen-bond acceptors (Lipinski definition) is 4. The number of carboxylic acid groups (broad SMARTS) is 1. The highest BCUT2D eigenvalue weighted by Gasteiger charge is 2.27. The van der Waals surface area contributed by atoms with Crippen molar-refractivity contribution in [3.05, 3.63) is 51.0 Å². The molecule has 120 valence electrons. The second-order valence-electron chi connectivity index (χ2n) is 5.34. The number of aromatic hydroxyl groups is 2. The summed E-state index contributed by atoms with van der Waals surface area (Å²) in [6.45, 7) is 1.04. The van der Waals surface area contributed by atoms with Crippen LogP contribution in [0.4, 0.5) is 5.69 Å². The van der Waals surface area contributed by atoms with Gasteiger partial charge in [0.05, 0.1) is 10.7 Å². The Kier molecular flexibility index (Phi) is 4.00. The molecule has 0 spiro atoms. The first kappa shape index (κ1) is 15.8. The number of halogens is 2. The van der Waals surface area contributed by atoms with Crippen LogP contribution in [0.25, 0.3) is 0 Å². The van der Waals surface area contributed by atoms with E-state index in [-0.39, 0.29) is 22.1 Å². The maximum Gasteiger partial charge on any atom is 0.339 e. The first-order valence-corrected chi connectivity index (χ1v) is 7.64. The van der Waals surface area contributed by atoms with Gasteiger partial charge < -0.3 is 20.2 Å². The molecule has 1 heterocycles. The van der Waals surface area contributed by atoms with Gasteiger partial charge in [-0.25, -0.2) is 4.79 Å². The monoisotopic (exact) mass is 353 g/mol. The number of phenols is 2. The highest BCUT2D eigenvalue weighted by atomic mass is 35.5. The molecule has 5 nitrogen and oxygen atoms in total. The average molecular weight is 354 g/mol. The number of phenolic OH excluding ortho intramolecular Hbond substituents is 1. The van der Waals surface area contributed by atoms with Crippen LogP contribution < -0.4 is 4.90 Å². The van der Waals surface area contributed by atoms with Gasteiger partial charge in [0.1, 0.15) is 11.3 Å². The van der Waals surface area contributed by atoms with Gasteiger partial charge in [-0.05, 0) is 35.7 Å². The Balaban J connectivity index is 1.93. The van der Waals surface area contributed by atoms with Gasteiger partial charge in [-0.3, -0.25) is 0 Å². The van der Waals surface area contributed by atoms with Crippen molar-refractivity contribution in [1.82, 2.24) is 0 Å². The minimum absolute atomic E-state index is 0.0186. The SMILES string of the molecule is O=C(O)c1ccc(CN2CCc3c(Cl)cc(Cl)c(O)c32)cc1O. The topological polar surface area (TPSA) is 81.0 Å². The van der Waals surface area contributed by atoms with E-state index in [0.717, 1.165) is 11.1 Å². The summed E-state index contributed by atoms with van der Waals surface area (Å²) in [7, 11) is 0. The predicted octanol–water partition coefficient (Wildman–Crippen LogP) is 3.67. The molecule has 0 aliphatic carbocycles. The first-order valence-electron chi connectivity index (χ1n) is 6.88. The van der Waals surface area contributed by atoms with Gasteiger partial charge in [-0.2, -0.15) is 0 Å². The third-order valence-corrected chi connectivity index (χ3v) is 4.52. The average Bonchev–Trinajstić information content (AvgIpc) is 2.89. The highest BCUT2D eigenvalue weighted by Crippen LogP contribution is 2.45. The quantitative estimate of drug-likeness (QED) is 0.784. The van der Waals surface area contributed by atoms with Gasteiger partial charge in [0.25, 0.3) is 0 Å². The number of nitrogens with zero attached hydrogens (tertiary/aromatic N) is 1. The first-order chi connectivity index (χ1) is 10.9. The molecule has 2 aromatic carbocycles. The molecule has 23 heavy (non-hydrogen) atoms. The van der Waals surface area contributed by atoms with Crippen molar-refractivity contribution < 1.29 is 20.1 Å². The van der Waals surface area contributed by atoms with Crippen LogP contribution in [0.1, 0.15) is 21.5 Å². The molecule has 2 aromatic rings. The summed E-state index contributed by atoms with van der Waals surface area (Å²) >= 11 is 12.1. The smallest absolute Gasteiger partial charge is 0.339 e. The van der Waals surface area contributed by atoms with Crippen LogP contribution in [0.2, 0.25) is 10.0 Å². The highest BCUT2D eigenvalue weighted by molar-refractivity contribution is 6.37. The summed E-state index contributed by atoms with van der Waals surface area (Å²) in [6, 6.07) is 5.91. The van der Waals surface area contributed by atoms with Crippen LogP contribution in [-0.2, 0) is 13.0 Å². The van der Waals surface area contributed by atoms with E-state index in [1.807, 2.05) is 4.90 Å². The molecule has 0 radical (unpaired) electrons. The zero-order valence-electron chi connectivity index (χ0n) is 11.9. The normalized spacial score (nSPS) is 13.2. The van der Waals surface area contributed by atoms with Gasteiger partial charge in [0.2, 0.25) is 0 Å². The van der Waals surface area contributed by atoms with E-state index in [9.17, 15) is 15.0 Å². The Morgan fingerprint density at radius 3 is 2.57 bits per heavy atom. The maximum absolute atomic E-state index is 10.9.